The molecule has 0 amide bonds. The Morgan fingerprint density at radius 1 is 1.21 bits per heavy atom. The second kappa shape index (κ2) is 5.99. The Morgan fingerprint density at radius 3 is 2.75 bits per heavy atom. The van der Waals surface area contributed by atoms with Gasteiger partial charge in [-0.05, 0) is 44.6 Å². The molecule has 0 bridgehead atoms. The van der Waals surface area contributed by atoms with Crippen molar-refractivity contribution in [2.45, 2.75) is 25.1 Å². The van der Waals surface area contributed by atoms with Gasteiger partial charge in [-0.1, -0.05) is 0 Å². The Bertz CT molecular complexity index is 1170. The van der Waals surface area contributed by atoms with Crippen molar-refractivity contribution >= 4 is 16.7 Å². The first-order chi connectivity index (χ1) is 13.4. The average molecular weight is 388 g/mol. The van der Waals surface area contributed by atoms with Crippen LogP contribution in [-0.2, 0) is 6.18 Å². The molecular formula is C18H15F3N6O. The van der Waals surface area contributed by atoms with E-state index < -0.39 is 11.7 Å². The molecule has 7 nitrogen and oxygen atoms in total. The number of pyridine rings is 2. The number of aromatic nitrogens is 5. The standard InChI is InChI=1S/C18H15F3N6O/c1-26-6-2-3-14(26)12-7-11(18(19,20)21)10-4-5-15-23-13(17-25-22-9-28-17)8-27(15)16(10)24-12/h4-5,7-9,14H,2-3,6H2,1H3. The fraction of sp³-hybridized carbons (Fsp3) is 0.333. The maximum atomic E-state index is 13.8. The molecule has 0 aromatic carbocycles. The fourth-order valence-corrected chi connectivity index (χ4v) is 3.83. The monoisotopic (exact) mass is 388 g/mol. The Hall–Kier alpha value is -3.01. The van der Waals surface area contributed by atoms with E-state index in [1.54, 1.807) is 10.6 Å². The van der Waals surface area contributed by atoms with Crippen LogP contribution in [0.3, 0.4) is 0 Å². The summed E-state index contributed by atoms with van der Waals surface area (Å²) in [5.74, 6) is 0.194. The van der Waals surface area contributed by atoms with Crippen molar-refractivity contribution in [2.24, 2.45) is 0 Å². The number of imidazole rings is 1. The molecule has 0 radical (unpaired) electrons. The molecule has 0 N–H and O–H groups in total. The van der Waals surface area contributed by atoms with Crippen molar-refractivity contribution < 1.29 is 17.6 Å². The van der Waals surface area contributed by atoms with Crippen LogP contribution in [0, 0.1) is 0 Å². The predicted molar refractivity (Wildman–Crippen MR) is 93.4 cm³/mol. The summed E-state index contributed by atoms with van der Waals surface area (Å²) in [6, 6.07) is 3.98. The van der Waals surface area contributed by atoms with Gasteiger partial charge in [-0.2, -0.15) is 13.2 Å². The van der Waals surface area contributed by atoms with E-state index in [1.807, 2.05) is 11.9 Å². The predicted octanol–water partition coefficient (Wildman–Crippen LogP) is 3.72. The number of rotatable bonds is 2. The van der Waals surface area contributed by atoms with E-state index in [1.165, 1.54) is 24.6 Å². The minimum Gasteiger partial charge on any atom is -0.422 e. The summed E-state index contributed by atoms with van der Waals surface area (Å²) in [6.07, 6.45) is -0.0407. The van der Waals surface area contributed by atoms with Crippen molar-refractivity contribution in [1.29, 1.82) is 0 Å². The number of likely N-dealkylation sites (tertiary alicyclic amines) is 1. The van der Waals surface area contributed by atoms with E-state index in [0.717, 1.165) is 19.4 Å². The van der Waals surface area contributed by atoms with Gasteiger partial charge in [0.2, 0.25) is 6.39 Å². The van der Waals surface area contributed by atoms with Crippen molar-refractivity contribution in [1.82, 2.24) is 29.5 Å². The first-order valence-corrected chi connectivity index (χ1v) is 8.78. The topological polar surface area (TPSA) is 72.4 Å². The normalized spacial score (nSPS) is 18.5. The zero-order valence-electron chi connectivity index (χ0n) is 14.8. The molecule has 1 fully saturated rings. The highest BCUT2D eigenvalue weighted by Gasteiger charge is 2.35. The van der Waals surface area contributed by atoms with Gasteiger partial charge >= 0.3 is 6.18 Å². The second-order valence-corrected chi connectivity index (χ2v) is 6.90. The minimum atomic E-state index is -4.49. The SMILES string of the molecule is CN1CCCC1c1cc(C(F)(F)F)c2ccc3nc(-c4nnco4)cn3c2n1. The zero-order chi connectivity index (χ0) is 19.5. The first kappa shape index (κ1) is 17.1. The van der Waals surface area contributed by atoms with E-state index in [0.29, 0.717) is 17.0 Å². The highest BCUT2D eigenvalue weighted by Crippen LogP contribution is 2.38. The first-order valence-electron chi connectivity index (χ1n) is 8.78. The molecule has 0 aliphatic carbocycles. The van der Waals surface area contributed by atoms with E-state index in [9.17, 15) is 13.2 Å². The molecule has 0 spiro atoms. The van der Waals surface area contributed by atoms with Gasteiger partial charge in [0.1, 0.15) is 17.0 Å². The van der Waals surface area contributed by atoms with Crippen LogP contribution in [0.1, 0.15) is 30.1 Å². The van der Waals surface area contributed by atoms with Crippen molar-refractivity contribution in [3.63, 3.8) is 0 Å². The zero-order valence-corrected chi connectivity index (χ0v) is 14.8. The maximum Gasteiger partial charge on any atom is 0.417 e. The summed E-state index contributed by atoms with van der Waals surface area (Å²) in [6.45, 7) is 0.836. The average Bonchev–Trinajstić information content (AvgIpc) is 3.39. The lowest BCUT2D eigenvalue weighted by atomic mass is 10.0. The van der Waals surface area contributed by atoms with Gasteiger partial charge in [0, 0.05) is 11.6 Å². The number of fused-ring (bicyclic) bond motifs is 3. The van der Waals surface area contributed by atoms with Gasteiger partial charge in [-0.15, -0.1) is 10.2 Å². The summed E-state index contributed by atoms with van der Waals surface area (Å²) >= 11 is 0. The van der Waals surface area contributed by atoms with Gasteiger partial charge < -0.3 is 4.42 Å². The van der Waals surface area contributed by atoms with Crippen LogP contribution < -0.4 is 0 Å². The number of alkyl halides is 3. The van der Waals surface area contributed by atoms with E-state index >= 15 is 0 Å². The molecule has 4 aromatic rings. The molecular weight excluding hydrogens is 373 g/mol. The lowest BCUT2D eigenvalue weighted by Gasteiger charge is -2.21. The van der Waals surface area contributed by atoms with Gasteiger partial charge in [-0.3, -0.25) is 9.30 Å². The molecule has 28 heavy (non-hydrogen) atoms. The van der Waals surface area contributed by atoms with Crippen LogP contribution in [0.4, 0.5) is 13.2 Å². The molecule has 10 heteroatoms. The highest BCUT2D eigenvalue weighted by molar-refractivity contribution is 5.83. The van der Waals surface area contributed by atoms with Crippen molar-refractivity contribution in [2.75, 3.05) is 13.6 Å². The van der Waals surface area contributed by atoms with Crippen LogP contribution in [0.2, 0.25) is 0 Å². The Morgan fingerprint density at radius 2 is 2.07 bits per heavy atom. The van der Waals surface area contributed by atoms with Crippen molar-refractivity contribution in [3.8, 4) is 11.6 Å². The summed E-state index contributed by atoms with van der Waals surface area (Å²) in [5, 5.41) is 7.45. The van der Waals surface area contributed by atoms with Gasteiger partial charge in [0.05, 0.1) is 17.3 Å². The van der Waals surface area contributed by atoms with Crippen LogP contribution in [0.25, 0.3) is 28.3 Å². The lowest BCUT2D eigenvalue weighted by molar-refractivity contribution is -0.136. The molecule has 144 valence electrons. The third-order valence-electron chi connectivity index (χ3n) is 5.17. The largest absolute Gasteiger partial charge is 0.422 e. The molecule has 5 rings (SSSR count). The number of hydrogen-bond acceptors (Lipinski definition) is 6. The molecule has 1 saturated heterocycles. The number of hydrogen-bond donors (Lipinski definition) is 0. The van der Waals surface area contributed by atoms with Crippen LogP contribution in [0.5, 0.6) is 0 Å². The Kier molecular flexibility index (Phi) is 3.66. The van der Waals surface area contributed by atoms with Crippen LogP contribution >= 0.6 is 0 Å². The van der Waals surface area contributed by atoms with Crippen LogP contribution in [-0.4, -0.2) is 43.1 Å². The van der Waals surface area contributed by atoms with Crippen molar-refractivity contribution in [3.05, 3.63) is 42.0 Å². The Labute approximate surface area is 156 Å². The van der Waals surface area contributed by atoms with Gasteiger partial charge in [0.15, 0.2) is 0 Å². The van der Waals surface area contributed by atoms with Gasteiger partial charge in [-0.25, -0.2) is 9.97 Å². The summed E-state index contributed by atoms with van der Waals surface area (Å²) in [4.78, 5) is 11.0. The van der Waals surface area contributed by atoms with E-state index in [4.69, 9.17) is 4.42 Å². The summed E-state index contributed by atoms with van der Waals surface area (Å²) < 4.78 is 48.1. The molecule has 1 atom stereocenters. The smallest absolute Gasteiger partial charge is 0.417 e. The van der Waals surface area contributed by atoms with Gasteiger partial charge in [0.25, 0.3) is 5.89 Å². The second-order valence-electron chi connectivity index (χ2n) is 6.90. The molecule has 1 aliphatic heterocycles. The Balaban J connectivity index is 1.80. The molecule has 5 heterocycles. The molecule has 1 aliphatic rings. The molecule has 4 aromatic heterocycles. The summed E-state index contributed by atoms with van der Waals surface area (Å²) in [5.41, 5.74) is 0.769. The van der Waals surface area contributed by atoms with E-state index in [2.05, 4.69) is 20.2 Å². The molecule has 0 saturated carbocycles. The summed E-state index contributed by atoms with van der Waals surface area (Å²) in [7, 11) is 1.91. The third kappa shape index (κ3) is 2.63. The van der Waals surface area contributed by atoms with E-state index in [-0.39, 0.29) is 23.0 Å². The maximum absolute atomic E-state index is 13.8. The lowest BCUT2D eigenvalue weighted by Crippen LogP contribution is -2.20. The minimum absolute atomic E-state index is 0.0267. The quantitative estimate of drug-likeness (QED) is 0.521. The molecule has 1 unspecified atom stereocenters. The highest BCUT2D eigenvalue weighted by atomic mass is 19.4. The number of halogens is 3. The number of nitrogens with zero attached hydrogens (tertiary/aromatic N) is 6. The fourth-order valence-electron chi connectivity index (χ4n) is 3.83. The van der Waals surface area contributed by atoms with Crippen LogP contribution in [0.15, 0.2) is 35.2 Å². The third-order valence-corrected chi connectivity index (χ3v) is 5.17.